The summed E-state index contributed by atoms with van der Waals surface area (Å²) in [5.74, 6) is -1.11. The summed E-state index contributed by atoms with van der Waals surface area (Å²) in [4.78, 5) is 11.1. The van der Waals surface area contributed by atoms with Crippen molar-refractivity contribution in [2.24, 2.45) is 5.92 Å². The lowest BCUT2D eigenvalue weighted by molar-refractivity contribution is -0.170. The highest BCUT2D eigenvalue weighted by Gasteiger charge is 2.44. The van der Waals surface area contributed by atoms with Crippen molar-refractivity contribution in [1.82, 2.24) is 10.2 Å². The molecule has 1 fully saturated rings. The van der Waals surface area contributed by atoms with Crippen LogP contribution in [-0.2, 0) is 4.79 Å². The Morgan fingerprint density at radius 3 is 2.00 bits per heavy atom. The molecule has 1 rings (SSSR count). The van der Waals surface area contributed by atoms with Crippen molar-refractivity contribution in [2.75, 3.05) is 27.2 Å². The second-order valence-electron chi connectivity index (χ2n) is 3.99. The monoisotopic (exact) mass is 270 g/mol. The van der Waals surface area contributed by atoms with E-state index in [1.54, 1.807) is 19.0 Å². The van der Waals surface area contributed by atoms with E-state index in [9.17, 15) is 18.0 Å². The summed E-state index contributed by atoms with van der Waals surface area (Å²) >= 11 is 0. The summed E-state index contributed by atoms with van der Waals surface area (Å²) in [5.41, 5.74) is 0. The van der Waals surface area contributed by atoms with E-state index in [0.717, 1.165) is 6.29 Å². The van der Waals surface area contributed by atoms with Crippen LogP contribution in [0.1, 0.15) is 27.2 Å². The number of nitrogens with zero attached hydrogens (tertiary/aromatic N) is 1. The first kappa shape index (κ1) is 19.7. The summed E-state index contributed by atoms with van der Waals surface area (Å²) in [6.07, 6.45) is -2.93. The number of hydrogen-bond donors (Lipinski definition) is 1. The quantitative estimate of drug-likeness (QED) is 0.782. The van der Waals surface area contributed by atoms with Crippen LogP contribution in [-0.4, -0.2) is 50.6 Å². The lowest BCUT2D eigenvalue weighted by atomic mass is 10.1. The maximum absolute atomic E-state index is 12.1. The number of carbonyl (C=O) groups excluding carboxylic acids is 1. The van der Waals surface area contributed by atoms with Crippen LogP contribution >= 0.6 is 0 Å². The van der Waals surface area contributed by atoms with Crippen molar-refractivity contribution >= 4 is 6.29 Å². The summed E-state index contributed by atoms with van der Waals surface area (Å²) in [6, 6.07) is 0.0709. The number of likely N-dealkylation sites (N-methyl/N-ethyl adjacent to an activating group) is 1. The zero-order chi connectivity index (χ0) is 14.8. The van der Waals surface area contributed by atoms with Crippen molar-refractivity contribution in [3.8, 4) is 0 Å². The second-order valence-corrected chi connectivity index (χ2v) is 3.99. The van der Waals surface area contributed by atoms with Crippen LogP contribution in [0.2, 0.25) is 0 Å². The minimum absolute atomic E-state index is 0.0709. The van der Waals surface area contributed by atoms with Gasteiger partial charge in [0.15, 0.2) is 0 Å². The van der Waals surface area contributed by atoms with E-state index in [1.807, 2.05) is 20.8 Å². The van der Waals surface area contributed by atoms with Crippen molar-refractivity contribution in [1.29, 1.82) is 0 Å². The van der Waals surface area contributed by atoms with E-state index >= 15 is 0 Å². The van der Waals surface area contributed by atoms with Gasteiger partial charge in [-0.05, 0) is 27.4 Å². The van der Waals surface area contributed by atoms with Crippen molar-refractivity contribution in [2.45, 2.75) is 39.4 Å². The Morgan fingerprint density at radius 2 is 1.89 bits per heavy atom. The number of nitrogens with one attached hydrogen (secondary N) is 1. The fourth-order valence-corrected chi connectivity index (χ4v) is 1.51. The maximum Gasteiger partial charge on any atom is 0.393 e. The molecular formula is C12H25F3N2O. The summed E-state index contributed by atoms with van der Waals surface area (Å²) < 4.78 is 36.2. The minimum Gasteiger partial charge on any atom is -0.313 e. The molecule has 0 aromatic rings. The smallest absolute Gasteiger partial charge is 0.313 e. The van der Waals surface area contributed by atoms with Gasteiger partial charge in [-0.25, -0.2) is 0 Å². The zero-order valence-corrected chi connectivity index (χ0v) is 11.8. The number of carbonyl (C=O) groups is 1. The molecule has 110 valence electrons. The highest BCUT2D eigenvalue weighted by Crippen LogP contribution is 2.35. The van der Waals surface area contributed by atoms with E-state index in [0.29, 0.717) is 6.54 Å². The Balaban J connectivity index is 0. The van der Waals surface area contributed by atoms with E-state index in [2.05, 4.69) is 5.32 Å². The minimum atomic E-state index is -4.00. The van der Waals surface area contributed by atoms with E-state index < -0.39 is 12.1 Å². The van der Waals surface area contributed by atoms with Gasteiger partial charge in [0.2, 0.25) is 0 Å². The largest absolute Gasteiger partial charge is 0.393 e. The average Bonchev–Trinajstić information content (AvgIpc) is 2.64. The number of likely N-dealkylation sites (tertiary alicyclic amines) is 1. The molecule has 1 aliphatic rings. The molecule has 0 saturated carbocycles. The van der Waals surface area contributed by atoms with Gasteiger partial charge in [0.1, 0.15) is 6.29 Å². The second kappa shape index (κ2) is 10.3. The van der Waals surface area contributed by atoms with Crippen molar-refractivity contribution in [3.63, 3.8) is 0 Å². The first-order valence-corrected chi connectivity index (χ1v) is 6.18. The maximum atomic E-state index is 12.1. The molecule has 1 N–H and O–H groups in total. The summed E-state index contributed by atoms with van der Waals surface area (Å²) in [6.45, 7) is 6.44. The normalized spacial score (nSPS) is 23.6. The standard InChI is InChI=1S/C7H12F3N.C3H7NO.C2H6/c1-5-3-6(4-11(5)2)7(8,9)10;1-4-2-3-5;1-2/h5-6H,3-4H2,1-2H3;3-4H,2H2,1H3;1-2H3. The van der Waals surface area contributed by atoms with Gasteiger partial charge in [-0.2, -0.15) is 13.2 Å². The average molecular weight is 270 g/mol. The molecule has 2 unspecified atom stereocenters. The first-order chi connectivity index (χ1) is 8.32. The van der Waals surface area contributed by atoms with Crippen LogP contribution in [0.25, 0.3) is 0 Å². The predicted octanol–water partition coefficient (Wildman–Crippen LogP) is 2.32. The van der Waals surface area contributed by atoms with Crippen LogP contribution in [0, 0.1) is 5.92 Å². The van der Waals surface area contributed by atoms with Crippen LogP contribution in [0.5, 0.6) is 0 Å². The summed E-state index contributed by atoms with van der Waals surface area (Å²) in [5, 5.41) is 2.65. The highest BCUT2D eigenvalue weighted by molar-refractivity contribution is 5.51. The zero-order valence-electron chi connectivity index (χ0n) is 11.8. The van der Waals surface area contributed by atoms with Crippen LogP contribution in [0.15, 0.2) is 0 Å². The van der Waals surface area contributed by atoms with Gasteiger partial charge in [-0.1, -0.05) is 13.8 Å². The third-order valence-corrected chi connectivity index (χ3v) is 2.64. The molecule has 1 aliphatic heterocycles. The molecule has 1 saturated heterocycles. The van der Waals surface area contributed by atoms with Gasteiger partial charge in [0.05, 0.1) is 12.5 Å². The molecule has 0 radical (unpaired) electrons. The van der Waals surface area contributed by atoms with Crippen molar-refractivity contribution in [3.05, 3.63) is 0 Å². The number of halogens is 3. The molecule has 2 atom stereocenters. The number of alkyl halides is 3. The number of rotatable bonds is 2. The van der Waals surface area contributed by atoms with Crippen LogP contribution in [0.3, 0.4) is 0 Å². The molecule has 0 aromatic carbocycles. The first-order valence-electron chi connectivity index (χ1n) is 6.18. The molecule has 0 aliphatic carbocycles. The lowest BCUT2D eigenvalue weighted by Crippen LogP contribution is -2.26. The molecule has 0 bridgehead atoms. The molecule has 0 aromatic heterocycles. The molecule has 1 heterocycles. The van der Waals surface area contributed by atoms with Gasteiger partial charge in [-0.3, -0.25) is 0 Å². The van der Waals surface area contributed by atoms with Crippen molar-refractivity contribution < 1.29 is 18.0 Å². The fraction of sp³-hybridized carbons (Fsp3) is 0.917. The summed E-state index contributed by atoms with van der Waals surface area (Å²) in [7, 11) is 3.46. The number of hydrogen-bond acceptors (Lipinski definition) is 3. The number of aldehydes is 1. The van der Waals surface area contributed by atoms with Gasteiger partial charge < -0.3 is 15.0 Å². The molecule has 18 heavy (non-hydrogen) atoms. The molecule has 0 amide bonds. The molecule has 6 heteroatoms. The Morgan fingerprint density at radius 1 is 1.39 bits per heavy atom. The molecular weight excluding hydrogens is 245 g/mol. The Hall–Kier alpha value is -0.620. The van der Waals surface area contributed by atoms with Gasteiger partial charge >= 0.3 is 6.18 Å². The fourth-order valence-electron chi connectivity index (χ4n) is 1.51. The lowest BCUT2D eigenvalue weighted by Gasteiger charge is -2.14. The van der Waals surface area contributed by atoms with Gasteiger partial charge in [0, 0.05) is 12.6 Å². The van der Waals surface area contributed by atoms with Gasteiger partial charge in [0.25, 0.3) is 0 Å². The van der Waals surface area contributed by atoms with E-state index in [-0.39, 0.29) is 19.0 Å². The van der Waals surface area contributed by atoms with Crippen LogP contribution < -0.4 is 5.32 Å². The predicted molar refractivity (Wildman–Crippen MR) is 67.6 cm³/mol. The van der Waals surface area contributed by atoms with E-state index in [1.165, 1.54) is 0 Å². The SMILES string of the molecule is CC.CC1CC(C(F)(F)F)CN1C.CNCC=O. The molecule has 0 spiro atoms. The Kier molecular flexibility index (Phi) is 11.3. The highest BCUT2D eigenvalue weighted by atomic mass is 19.4. The topological polar surface area (TPSA) is 32.3 Å². The third kappa shape index (κ3) is 8.47. The van der Waals surface area contributed by atoms with Crippen LogP contribution in [0.4, 0.5) is 13.2 Å². The third-order valence-electron chi connectivity index (χ3n) is 2.64. The molecule has 3 nitrogen and oxygen atoms in total. The Labute approximate surface area is 108 Å². The van der Waals surface area contributed by atoms with E-state index in [4.69, 9.17) is 0 Å². The Bertz CT molecular complexity index is 200. The van der Waals surface area contributed by atoms with Gasteiger partial charge in [-0.15, -0.1) is 0 Å².